The topological polar surface area (TPSA) is 49.1 Å². The molecule has 0 aromatic heterocycles. The van der Waals surface area contributed by atoms with Gasteiger partial charge in [-0.3, -0.25) is 4.99 Å². The molecule has 1 N–H and O–H groups in total. The van der Waals surface area contributed by atoms with Crippen molar-refractivity contribution in [3.05, 3.63) is 71.8 Å². The van der Waals surface area contributed by atoms with Gasteiger partial charge in [-0.25, -0.2) is 9.98 Å². The molecular formula is C19H16N4. The van der Waals surface area contributed by atoms with Crippen LogP contribution >= 0.6 is 0 Å². The highest BCUT2D eigenvalue weighted by atomic mass is 15.0. The minimum absolute atomic E-state index is 0.327. The summed E-state index contributed by atoms with van der Waals surface area (Å²) in [7, 11) is 0. The Kier molecular flexibility index (Phi) is 2.78. The summed E-state index contributed by atoms with van der Waals surface area (Å²) in [6.45, 7) is 0. The van der Waals surface area contributed by atoms with Gasteiger partial charge in [0.25, 0.3) is 0 Å². The van der Waals surface area contributed by atoms with Crippen LogP contribution in [0.3, 0.4) is 0 Å². The Hall–Kier alpha value is -2.59. The maximum absolute atomic E-state index is 4.75. The van der Waals surface area contributed by atoms with Gasteiger partial charge in [-0.15, -0.1) is 0 Å². The molecule has 5 aliphatic heterocycles. The predicted octanol–water partition coefficient (Wildman–Crippen LogP) is 2.80. The molecular weight excluding hydrogens is 284 g/mol. The Morgan fingerprint density at radius 2 is 1.43 bits per heavy atom. The van der Waals surface area contributed by atoms with Gasteiger partial charge in [0.15, 0.2) is 0 Å². The molecule has 23 heavy (non-hydrogen) atoms. The van der Waals surface area contributed by atoms with Gasteiger partial charge in [-0.2, -0.15) is 0 Å². The van der Waals surface area contributed by atoms with Crippen LogP contribution in [0, 0.1) is 0 Å². The van der Waals surface area contributed by atoms with E-state index in [0.29, 0.717) is 12.1 Å². The Balaban J connectivity index is 1.60. The van der Waals surface area contributed by atoms with E-state index in [4.69, 9.17) is 4.99 Å². The van der Waals surface area contributed by atoms with Crippen molar-refractivity contribution in [2.45, 2.75) is 24.9 Å². The molecule has 2 unspecified atom stereocenters. The van der Waals surface area contributed by atoms with Gasteiger partial charge in [0.05, 0.1) is 40.3 Å². The van der Waals surface area contributed by atoms with Crippen LogP contribution in [0.25, 0.3) is 0 Å². The molecule has 0 aromatic rings. The van der Waals surface area contributed by atoms with E-state index in [-0.39, 0.29) is 0 Å². The van der Waals surface area contributed by atoms with Crippen LogP contribution in [-0.2, 0) is 0 Å². The SMILES string of the molecule is C1=CC2=NC1=CC1CCC(N1)C1=NC(=CC3=NC(=C2)C=C3)C=C1. The molecule has 0 saturated carbocycles. The van der Waals surface area contributed by atoms with Gasteiger partial charge in [-0.1, -0.05) is 0 Å². The van der Waals surface area contributed by atoms with Crippen molar-refractivity contribution in [2.75, 3.05) is 0 Å². The zero-order valence-corrected chi connectivity index (χ0v) is 12.6. The van der Waals surface area contributed by atoms with Crippen molar-refractivity contribution in [3.63, 3.8) is 0 Å². The highest BCUT2D eigenvalue weighted by Gasteiger charge is 2.27. The van der Waals surface area contributed by atoms with E-state index in [2.05, 4.69) is 39.6 Å². The van der Waals surface area contributed by atoms with Gasteiger partial charge < -0.3 is 5.32 Å². The second-order valence-corrected chi connectivity index (χ2v) is 6.24. The lowest BCUT2D eigenvalue weighted by Crippen LogP contribution is -2.33. The molecule has 1 saturated heterocycles. The van der Waals surface area contributed by atoms with Crippen LogP contribution in [0.2, 0.25) is 0 Å². The van der Waals surface area contributed by atoms with Gasteiger partial charge in [0, 0.05) is 6.04 Å². The maximum Gasteiger partial charge on any atom is 0.0659 e. The number of rotatable bonds is 0. The highest BCUT2D eigenvalue weighted by molar-refractivity contribution is 6.11. The summed E-state index contributed by atoms with van der Waals surface area (Å²) in [5, 5.41) is 3.66. The summed E-state index contributed by atoms with van der Waals surface area (Å²) in [5.74, 6) is 0. The van der Waals surface area contributed by atoms with E-state index in [1.54, 1.807) is 0 Å². The minimum atomic E-state index is 0.327. The van der Waals surface area contributed by atoms with E-state index >= 15 is 0 Å². The van der Waals surface area contributed by atoms with Crippen LogP contribution in [-0.4, -0.2) is 29.2 Å². The Morgan fingerprint density at radius 1 is 0.739 bits per heavy atom. The third kappa shape index (κ3) is 2.41. The van der Waals surface area contributed by atoms with E-state index in [1.165, 1.54) is 0 Å². The Bertz CT molecular complexity index is 856. The summed E-state index contributed by atoms with van der Waals surface area (Å²) in [6, 6.07) is 0.688. The monoisotopic (exact) mass is 300 g/mol. The summed E-state index contributed by atoms with van der Waals surface area (Å²) in [4.78, 5) is 14.0. The number of aliphatic imine (C=N–C) groups is 3. The number of nitrogens with one attached hydrogen (secondary N) is 1. The molecule has 5 heterocycles. The van der Waals surface area contributed by atoms with Gasteiger partial charge >= 0.3 is 0 Å². The fourth-order valence-corrected chi connectivity index (χ4v) is 3.44. The molecule has 5 aliphatic rings. The normalized spacial score (nSPS) is 30.3. The predicted molar refractivity (Wildman–Crippen MR) is 93.9 cm³/mol. The molecule has 4 nitrogen and oxygen atoms in total. The summed E-state index contributed by atoms with van der Waals surface area (Å²) in [6.07, 6.45) is 20.8. The second-order valence-electron chi connectivity index (χ2n) is 6.24. The molecule has 0 spiro atoms. The molecule has 0 amide bonds. The van der Waals surface area contributed by atoms with Crippen LogP contribution in [0.4, 0.5) is 0 Å². The fourth-order valence-electron chi connectivity index (χ4n) is 3.44. The van der Waals surface area contributed by atoms with Crippen molar-refractivity contribution in [1.82, 2.24) is 5.32 Å². The summed E-state index contributed by atoms with van der Waals surface area (Å²) >= 11 is 0. The molecule has 0 radical (unpaired) electrons. The van der Waals surface area contributed by atoms with Crippen LogP contribution in [0.15, 0.2) is 86.8 Å². The molecule has 1 fully saturated rings. The zero-order valence-electron chi connectivity index (χ0n) is 12.6. The maximum atomic E-state index is 4.75. The molecule has 0 aliphatic carbocycles. The van der Waals surface area contributed by atoms with Crippen LogP contribution in [0.1, 0.15) is 12.8 Å². The number of hydrogen-bond acceptors (Lipinski definition) is 4. The van der Waals surface area contributed by atoms with E-state index < -0.39 is 0 Å². The first kappa shape index (κ1) is 12.9. The average molecular weight is 300 g/mol. The molecule has 8 bridgehead atoms. The third-order valence-electron chi connectivity index (χ3n) is 4.55. The van der Waals surface area contributed by atoms with Crippen LogP contribution in [0.5, 0.6) is 0 Å². The van der Waals surface area contributed by atoms with Gasteiger partial charge in [0.1, 0.15) is 0 Å². The quantitative estimate of drug-likeness (QED) is 0.735. The van der Waals surface area contributed by atoms with Crippen LogP contribution < -0.4 is 5.32 Å². The van der Waals surface area contributed by atoms with E-state index in [0.717, 1.165) is 47.1 Å². The standard InChI is InChI=1S/C19H16N4/c1-3-14-10-16-5-7-18(22-16)19-8-6-17(23-19)11-15-4-2-13(21-15)9-12(1)20-14/h1-5,7,9-11,17,19,23H,6,8H2. The number of allylic oxidation sites excluding steroid dienone is 7. The average Bonchev–Trinajstić information content (AvgIpc) is 3.28. The lowest BCUT2D eigenvalue weighted by Gasteiger charge is -2.10. The number of fused-ring (bicyclic) bond motifs is 6. The summed E-state index contributed by atoms with van der Waals surface area (Å²) < 4.78 is 0. The van der Waals surface area contributed by atoms with Crippen molar-refractivity contribution in [2.24, 2.45) is 15.0 Å². The van der Waals surface area contributed by atoms with Crippen molar-refractivity contribution in [1.29, 1.82) is 0 Å². The smallest absolute Gasteiger partial charge is 0.0659 e. The zero-order chi connectivity index (χ0) is 15.2. The molecule has 5 rings (SSSR count). The molecule has 0 aromatic carbocycles. The fraction of sp³-hybridized carbons (Fsp3) is 0.211. The van der Waals surface area contributed by atoms with Crippen molar-refractivity contribution in [3.8, 4) is 0 Å². The molecule has 4 heteroatoms. The summed E-state index contributed by atoms with van der Waals surface area (Å²) in [5.41, 5.74) is 5.95. The Labute approximate surface area is 134 Å². The minimum Gasteiger partial charge on any atom is -0.302 e. The highest BCUT2D eigenvalue weighted by Crippen LogP contribution is 2.23. The first-order valence-corrected chi connectivity index (χ1v) is 8.03. The van der Waals surface area contributed by atoms with Crippen molar-refractivity contribution >= 4 is 17.1 Å². The largest absolute Gasteiger partial charge is 0.302 e. The lowest BCUT2D eigenvalue weighted by atomic mass is 10.1. The number of hydrogen-bond donors (Lipinski definition) is 1. The van der Waals surface area contributed by atoms with Crippen molar-refractivity contribution < 1.29 is 0 Å². The van der Waals surface area contributed by atoms with E-state index in [1.807, 2.05) is 30.4 Å². The first-order chi connectivity index (χ1) is 11.3. The van der Waals surface area contributed by atoms with E-state index in [9.17, 15) is 0 Å². The molecule has 112 valence electrons. The lowest BCUT2D eigenvalue weighted by molar-refractivity contribution is 0.689. The first-order valence-electron chi connectivity index (χ1n) is 8.03. The molecule has 2 atom stereocenters. The van der Waals surface area contributed by atoms with Gasteiger partial charge in [0.2, 0.25) is 0 Å². The Morgan fingerprint density at radius 3 is 2.30 bits per heavy atom. The number of nitrogens with zero attached hydrogens (tertiary/aromatic N) is 3. The van der Waals surface area contributed by atoms with Gasteiger partial charge in [-0.05, 0) is 67.5 Å². The third-order valence-corrected chi connectivity index (χ3v) is 4.55. The second kappa shape index (κ2) is 4.96.